The molecule has 0 radical (unpaired) electrons. The maximum atomic E-state index is 12.4. The molecule has 0 unspecified atom stereocenters. The van der Waals surface area contributed by atoms with Crippen molar-refractivity contribution in [3.8, 4) is 0 Å². The highest BCUT2D eigenvalue weighted by Gasteiger charge is 2.58. The summed E-state index contributed by atoms with van der Waals surface area (Å²) in [6.07, 6.45) is 18.3. The van der Waals surface area contributed by atoms with Gasteiger partial charge in [-0.25, -0.2) is 5.43 Å². The summed E-state index contributed by atoms with van der Waals surface area (Å²) in [7, 11) is 0. The number of hydrazone groups is 1. The molecule has 1 aromatic heterocycles. The Morgan fingerprint density at radius 3 is 2.76 bits per heavy atom. The predicted molar refractivity (Wildman–Crippen MR) is 115 cm³/mol. The maximum Gasteiger partial charge on any atom is 0.271 e. The first-order valence-corrected chi connectivity index (χ1v) is 11.4. The first kappa shape index (κ1) is 19.0. The number of hydrogen-bond donors (Lipinski definition) is 1. The fraction of sp³-hybridized carbons (Fsp3) is 0.640. The quantitative estimate of drug-likeness (QED) is 0.544. The van der Waals surface area contributed by atoms with E-state index in [4.69, 9.17) is 0 Å². The van der Waals surface area contributed by atoms with Gasteiger partial charge in [0.2, 0.25) is 0 Å². The average molecular weight is 392 g/mol. The zero-order valence-corrected chi connectivity index (χ0v) is 17.7. The van der Waals surface area contributed by atoms with E-state index >= 15 is 0 Å². The summed E-state index contributed by atoms with van der Waals surface area (Å²) in [6, 6.07) is 3.47. The van der Waals surface area contributed by atoms with E-state index in [1.807, 2.05) is 0 Å². The van der Waals surface area contributed by atoms with Crippen LogP contribution in [-0.2, 0) is 0 Å². The Balaban J connectivity index is 1.35. The van der Waals surface area contributed by atoms with E-state index in [9.17, 15) is 4.79 Å². The summed E-state index contributed by atoms with van der Waals surface area (Å²) in [5.41, 5.74) is 5.32. The molecule has 0 spiro atoms. The summed E-state index contributed by atoms with van der Waals surface area (Å²) in [6.45, 7) is 5.01. The molecule has 0 aromatic carbocycles. The van der Waals surface area contributed by atoms with E-state index in [2.05, 4.69) is 41.5 Å². The highest BCUT2D eigenvalue weighted by atomic mass is 16.2. The minimum atomic E-state index is -0.136. The van der Waals surface area contributed by atoms with E-state index in [0.717, 1.165) is 30.1 Å². The van der Waals surface area contributed by atoms with E-state index in [-0.39, 0.29) is 11.3 Å². The van der Waals surface area contributed by atoms with E-state index in [1.54, 1.807) is 24.5 Å². The number of carbonyl (C=O) groups is 1. The maximum absolute atomic E-state index is 12.4. The third kappa shape index (κ3) is 2.98. The molecule has 3 saturated carbocycles. The fourth-order valence-corrected chi connectivity index (χ4v) is 7.50. The first-order valence-electron chi connectivity index (χ1n) is 11.4. The van der Waals surface area contributed by atoms with Crippen LogP contribution in [0.1, 0.15) is 75.6 Å². The molecule has 6 atom stereocenters. The summed E-state index contributed by atoms with van der Waals surface area (Å²) < 4.78 is 0. The van der Waals surface area contributed by atoms with Gasteiger partial charge in [-0.15, -0.1) is 0 Å². The van der Waals surface area contributed by atoms with Crippen molar-refractivity contribution in [1.82, 2.24) is 10.4 Å². The Labute approximate surface area is 174 Å². The number of pyridine rings is 1. The van der Waals surface area contributed by atoms with E-state index in [1.165, 1.54) is 50.7 Å². The molecule has 1 heterocycles. The number of nitrogens with one attached hydrogen (secondary N) is 1. The Kier molecular flexibility index (Phi) is 4.64. The van der Waals surface area contributed by atoms with Crippen molar-refractivity contribution in [3.05, 3.63) is 42.2 Å². The van der Waals surface area contributed by atoms with Crippen LogP contribution in [0.15, 0.2) is 41.8 Å². The van der Waals surface area contributed by atoms with Crippen molar-refractivity contribution in [1.29, 1.82) is 0 Å². The molecule has 4 heteroatoms. The van der Waals surface area contributed by atoms with Crippen molar-refractivity contribution in [3.63, 3.8) is 0 Å². The van der Waals surface area contributed by atoms with Gasteiger partial charge in [0.05, 0.1) is 0 Å². The van der Waals surface area contributed by atoms with E-state index < -0.39 is 0 Å². The van der Waals surface area contributed by atoms with Gasteiger partial charge in [0.1, 0.15) is 0 Å². The lowest BCUT2D eigenvalue weighted by Gasteiger charge is -2.59. The zero-order valence-electron chi connectivity index (χ0n) is 17.7. The number of hydrogen-bond acceptors (Lipinski definition) is 3. The molecule has 154 valence electrons. The first-order chi connectivity index (χ1) is 14.0. The molecule has 4 nitrogen and oxygen atoms in total. The second-order valence-electron chi connectivity index (χ2n) is 10.3. The molecule has 1 N–H and O–H groups in total. The number of fused-ring (bicyclic) bond motifs is 5. The SMILES string of the molecule is C[C@]12CC=CC[C@@H]1CC[C@H]1[C@H]2CC[C@]2(C)/C(=N/NC(=O)c3ccncc3)CC[C@H]12. The molecule has 0 aliphatic heterocycles. The second-order valence-corrected chi connectivity index (χ2v) is 10.3. The van der Waals surface area contributed by atoms with Gasteiger partial charge in [0.15, 0.2) is 0 Å². The zero-order chi connectivity index (χ0) is 20.1. The minimum Gasteiger partial charge on any atom is -0.267 e. The molecule has 4 aliphatic rings. The van der Waals surface area contributed by atoms with Gasteiger partial charge in [0.25, 0.3) is 5.91 Å². The van der Waals surface area contributed by atoms with Crippen molar-refractivity contribution in [2.75, 3.05) is 0 Å². The lowest BCUT2D eigenvalue weighted by atomic mass is 9.46. The molecule has 1 amide bonds. The normalized spacial score (nSPS) is 42.1. The molecular weight excluding hydrogens is 358 g/mol. The lowest BCUT2D eigenvalue weighted by Crippen LogP contribution is -2.52. The van der Waals surface area contributed by atoms with Crippen LogP contribution in [0.5, 0.6) is 0 Å². The summed E-state index contributed by atoms with van der Waals surface area (Å²) in [4.78, 5) is 16.4. The smallest absolute Gasteiger partial charge is 0.267 e. The van der Waals surface area contributed by atoms with Gasteiger partial charge in [-0.05, 0) is 92.6 Å². The third-order valence-corrected chi connectivity index (χ3v) is 9.19. The number of allylic oxidation sites excluding steroid dienone is 2. The lowest BCUT2D eigenvalue weighted by molar-refractivity contribution is -0.0761. The third-order valence-electron chi connectivity index (χ3n) is 9.19. The Bertz CT molecular complexity index is 847. The van der Waals surface area contributed by atoms with Gasteiger partial charge in [-0.1, -0.05) is 26.0 Å². The monoisotopic (exact) mass is 391 g/mol. The minimum absolute atomic E-state index is 0.136. The second kappa shape index (κ2) is 7.07. The van der Waals surface area contributed by atoms with Crippen molar-refractivity contribution >= 4 is 11.6 Å². The number of aromatic nitrogens is 1. The Morgan fingerprint density at radius 1 is 1.10 bits per heavy atom. The molecule has 1 aromatic rings. The number of amides is 1. The highest BCUT2D eigenvalue weighted by Crippen LogP contribution is 2.64. The molecule has 3 fully saturated rings. The molecule has 4 aliphatic carbocycles. The molecule has 0 bridgehead atoms. The number of carbonyl (C=O) groups excluding carboxylic acids is 1. The van der Waals surface area contributed by atoms with Crippen LogP contribution in [0, 0.1) is 34.5 Å². The fourth-order valence-electron chi connectivity index (χ4n) is 7.50. The Hall–Kier alpha value is -1.97. The summed E-state index contributed by atoms with van der Waals surface area (Å²) in [5.74, 6) is 3.15. The van der Waals surface area contributed by atoms with Crippen LogP contribution in [0.3, 0.4) is 0 Å². The molecular formula is C25H33N3O. The van der Waals surface area contributed by atoms with Gasteiger partial charge < -0.3 is 0 Å². The van der Waals surface area contributed by atoms with Crippen LogP contribution in [-0.4, -0.2) is 16.6 Å². The van der Waals surface area contributed by atoms with Crippen molar-refractivity contribution < 1.29 is 4.79 Å². The molecule has 0 saturated heterocycles. The molecule has 5 rings (SSSR count). The average Bonchev–Trinajstić information content (AvgIpc) is 3.08. The number of rotatable bonds is 2. The van der Waals surface area contributed by atoms with Crippen LogP contribution < -0.4 is 5.43 Å². The predicted octanol–water partition coefficient (Wildman–Crippen LogP) is 5.38. The Morgan fingerprint density at radius 2 is 1.93 bits per heavy atom. The standard InChI is InChI=1S/C25H33N3O/c1-24-13-4-3-5-18(24)6-7-19-20-8-9-22(25(20,2)14-10-21(19)24)27-28-23(29)17-11-15-26-16-12-17/h3-4,11-12,15-16,18-21H,5-10,13-14H2,1-2H3,(H,28,29)/b27-22+/t18-,19-,20-,21-,24+,25+/m1/s1. The molecule has 29 heavy (non-hydrogen) atoms. The van der Waals surface area contributed by atoms with E-state index in [0.29, 0.717) is 11.0 Å². The largest absolute Gasteiger partial charge is 0.271 e. The van der Waals surface area contributed by atoms with Gasteiger partial charge in [0, 0.05) is 29.1 Å². The van der Waals surface area contributed by atoms with Crippen molar-refractivity contribution in [2.45, 2.75) is 65.2 Å². The van der Waals surface area contributed by atoms with Gasteiger partial charge in [-0.3, -0.25) is 9.78 Å². The van der Waals surface area contributed by atoms with Crippen LogP contribution in [0.4, 0.5) is 0 Å². The summed E-state index contributed by atoms with van der Waals surface area (Å²) in [5, 5.41) is 4.68. The van der Waals surface area contributed by atoms with Crippen LogP contribution in [0.25, 0.3) is 0 Å². The van der Waals surface area contributed by atoms with Crippen molar-refractivity contribution in [2.24, 2.45) is 39.6 Å². The summed E-state index contributed by atoms with van der Waals surface area (Å²) >= 11 is 0. The highest BCUT2D eigenvalue weighted by molar-refractivity contribution is 5.97. The van der Waals surface area contributed by atoms with Gasteiger partial charge >= 0.3 is 0 Å². The van der Waals surface area contributed by atoms with Crippen LogP contribution >= 0.6 is 0 Å². The van der Waals surface area contributed by atoms with Gasteiger partial charge in [-0.2, -0.15) is 5.10 Å². The topological polar surface area (TPSA) is 54.4 Å². The van der Waals surface area contributed by atoms with Crippen LogP contribution in [0.2, 0.25) is 0 Å². The number of nitrogens with zero attached hydrogens (tertiary/aromatic N) is 2.